The van der Waals surface area contributed by atoms with Gasteiger partial charge in [-0.05, 0) is 6.07 Å². The number of oxime groups is 1. The third kappa shape index (κ3) is 2.66. The minimum absolute atomic E-state index is 0.130. The van der Waals surface area contributed by atoms with Gasteiger partial charge in [-0.15, -0.1) is 6.42 Å². The Labute approximate surface area is 82.6 Å². The van der Waals surface area contributed by atoms with Crippen LogP contribution in [0.4, 0.5) is 0 Å². The topological polar surface area (TPSA) is 45.4 Å². The van der Waals surface area contributed by atoms with Gasteiger partial charge >= 0.3 is 0 Å². The molecular formula is C11H8N2O. The molecular weight excluding hydrogens is 176 g/mol. The Balaban J connectivity index is 2.73. The largest absolute Gasteiger partial charge is 0.383 e. The molecule has 0 aliphatic rings. The number of benzene rings is 1. The highest BCUT2D eigenvalue weighted by Crippen LogP contribution is 2.03. The molecule has 0 radical (unpaired) electrons. The Kier molecular flexibility index (Phi) is 3.79. The highest BCUT2D eigenvalue weighted by atomic mass is 16.6. The van der Waals surface area contributed by atoms with Gasteiger partial charge in [0.15, 0.2) is 6.61 Å². The molecule has 3 nitrogen and oxygen atoms in total. The van der Waals surface area contributed by atoms with Crippen LogP contribution in [0.2, 0.25) is 0 Å². The second-order valence-corrected chi connectivity index (χ2v) is 2.41. The minimum Gasteiger partial charge on any atom is -0.383 e. The summed E-state index contributed by atoms with van der Waals surface area (Å²) in [5.41, 5.74) is 1.27. The minimum atomic E-state index is 0.130. The van der Waals surface area contributed by atoms with Gasteiger partial charge in [-0.1, -0.05) is 29.3 Å². The molecule has 0 saturated heterocycles. The van der Waals surface area contributed by atoms with E-state index in [1.54, 1.807) is 18.2 Å². The molecule has 1 rings (SSSR count). The van der Waals surface area contributed by atoms with Gasteiger partial charge in [0, 0.05) is 5.56 Å². The summed E-state index contributed by atoms with van der Waals surface area (Å²) in [6.07, 6.45) is 6.43. The van der Waals surface area contributed by atoms with Crippen molar-refractivity contribution >= 4 is 6.21 Å². The molecule has 68 valence electrons. The van der Waals surface area contributed by atoms with Crippen molar-refractivity contribution in [1.29, 1.82) is 5.26 Å². The van der Waals surface area contributed by atoms with Crippen LogP contribution in [0.1, 0.15) is 11.1 Å². The molecule has 0 aliphatic carbocycles. The molecule has 1 aromatic carbocycles. The van der Waals surface area contributed by atoms with Crippen LogP contribution < -0.4 is 0 Å². The van der Waals surface area contributed by atoms with Crippen LogP contribution in [0.3, 0.4) is 0 Å². The summed E-state index contributed by atoms with van der Waals surface area (Å²) in [7, 11) is 0. The summed E-state index contributed by atoms with van der Waals surface area (Å²) in [6.45, 7) is 0.130. The summed E-state index contributed by atoms with van der Waals surface area (Å²) in [5, 5.41) is 12.4. The van der Waals surface area contributed by atoms with Gasteiger partial charge in [-0.25, -0.2) is 0 Å². The van der Waals surface area contributed by atoms with E-state index in [-0.39, 0.29) is 6.61 Å². The standard InChI is InChI=1S/C11H8N2O/c1-2-7-14-13-9-11-6-4-3-5-10(11)8-12/h1,3-6,9H,7H2. The fourth-order valence-corrected chi connectivity index (χ4v) is 0.880. The van der Waals surface area contributed by atoms with Crippen molar-refractivity contribution in [2.45, 2.75) is 0 Å². The van der Waals surface area contributed by atoms with Crippen LogP contribution in [0.5, 0.6) is 0 Å². The van der Waals surface area contributed by atoms with Gasteiger partial charge in [-0.3, -0.25) is 0 Å². The van der Waals surface area contributed by atoms with E-state index in [0.717, 1.165) is 0 Å². The molecule has 0 aromatic heterocycles. The molecule has 0 fully saturated rings. The summed E-state index contributed by atoms with van der Waals surface area (Å²) in [6, 6.07) is 9.15. The Hall–Kier alpha value is -2.26. The Morgan fingerprint density at radius 2 is 2.29 bits per heavy atom. The molecule has 0 amide bonds. The number of terminal acetylenes is 1. The van der Waals surface area contributed by atoms with Crippen LogP contribution in [0, 0.1) is 23.7 Å². The second kappa shape index (κ2) is 5.40. The van der Waals surface area contributed by atoms with Crippen LogP contribution >= 0.6 is 0 Å². The van der Waals surface area contributed by atoms with Gasteiger partial charge < -0.3 is 4.84 Å². The number of rotatable bonds is 3. The molecule has 3 heteroatoms. The average Bonchev–Trinajstić information content (AvgIpc) is 2.25. The fraction of sp³-hybridized carbons (Fsp3) is 0.0909. The first-order valence-electron chi connectivity index (χ1n) is 3.96. The van der Waals surface area contributed by atoms with E-state index < -0.39 is 0 Å². The highest BCUT2D eigenvalue weighted by Gasteiger charge is 1.95. The monoisotopic (exact) mass is 184 g/mol. The highest BCUT2D eigenvalue weighted by molar-refractivity contribution is 5.82. The molecule has 0 unspecified atom stereocenters. The molecule has 0 aliphatic heterocycles. The zero-order valence-electron chi connectivity index (χ0n) is 7.47. The smallest absolute Gasteiger partial charge is 0.177 e. The van der Waals surface area contributed by atoms with E-state index in [2.05, 4.69) is 11.1 Å². The molecule has 0 heterocycles. The first-order valence-corrected chi connectivity index (χ1v) is 3.96. The van der Waals surface area contributed by atoms with Crippen molar-refractivity contribution in [3.8, 4) is 18.4 Å². The predicted molar refractivity (Wildman–Crippen MR) is 53.5 cm³/mol. The lowest BCUT2D eigenvalue weighted by atomic mass is 10.1. The zero-order chi connectivity index (χ0) is 10.2. The normalized spacial score (nSPS) is 9.29. The van der Waals surface area contributed by atoms with Crippen molar-refractivity contribution in [2.24, 2.45) is 5.16 Å². The van der Waals surface area contributed by atoms with Crippen LogP contribution in [0.25, 0.3) is 0 Å². The van der Waals surface area contributed by atoms with Crippen molar-refractivity contribution in [2.75, 3.05) is 6.61 Å². The van der Waals surface area contributed by atoms with E-state index in [4.69, 9.17) is 16.5 Å². The maximum absolute atomic E-state index is 8.74. The molecule has 0 bridgehead atoms. The van der Waals surface area contributed by atoms with E-state index in [1.165, 1.54) is 6.21 Å². The SMILES string of the molecule is C#CCON=Cc1ccccc1C#N. The van der Waals surface area contributed by atoms with Gasteiger partial charge in [-0.2, -0.15) is 5.26 Å². The third-order valence-electron chi connectivity index (χ3n) is 1.50. The van der Waals surface area contributed by atoms with E-state index >= 15 is 0 Å². The van der Waals surface area contributed by atoms with Crippen molar-refractivity contribution in [1.82, 2.24) is 0 Å². The van der Waals surface area contributed by atoms with Gasteiger partial charge in [0.05, 0.1) is 17.8 Å². The third-order valence-corrected chi connectivity index (χ3v) is 1.50. The molecule has 0 saturated carbocycles. The Morgan fingerprint density at radius 1 is 1.50 bits per heavy atom. The molecule has 0 spiro atoms. The Morgan fingerprint density at radius 3 is 3.00 bits per heavy atom. The number of hydrogen-bond donors (Lipinski definition) is 0. The lowest BCUT2D eigenvalue weighted by Crippen LogP contribution is -1.89. The van der Waals surface area contributed by atoms with Gasteiger partial charge in [0.2, 0.25) is 0 Å². The summed E-state index contributed by atoms with van der Waals surface area (Å²) < 4.78 is 0. The summed E-state index contributed by atoms with van der Waals surface area (Å²) in [5.74, 6) is 2.28. The second-order valence-electron chi connectivity index (χ2n) is 2.41. The zero-order valence-corrected chi connectivity index (χ0v) is 7.47. The summed E-state index contributed by atoms with van der Waals surface area (Å²) >= 11 is 0. The van der Waals surface area contributed by atoms with Gasteiger partial charge in [0.25, 0.3) is 0 Å². The van der Waals surface area contributed by atoms with Crippen molar-refractivity contribution in [3.63, 3.8) is 0 Å². The van der Waals surface area contributed by atoms with Crippen molar-refractivity contribution < 1.29 is 4.84 Å². The van der Waals surface area contributed by atoms with Gasteiger partial charge in [0.1, 0.15) is 0 Å². The number of hydrogen-bond acceptors (Lipinski definition) is 3. The van der Waals surface area contributed by atoms with Crippen molar-refractivity contribution in [3.05, 3.63) is 35.4 Å². The summed E-state index contributed by atoms with van der Waals surface area (Å²) in [4.78, 5) is 4.71. The van der Waals surface area contributed by atoms with Crippen LogP contribution in [0.15, 0.2) is 29.4 Å². The lowest BCUT2D eigenvalue weighted by Gasteiger charge is -1.95. The lowest BCUT2D eigenvalue weighted by molar-refractivity contribution is 0.181. The Bertz CT molecular complexity index is 410. The van der Waals surface area contributed by atoms with E-state index in [0.29, 0.717) is 11.1 Å². The maximum atomic E-state index is 8.74. The number of nitrogens with zero attached hydrogens (tertiary/aromatic N) is 2. The van der Waals surface area contributed by atoms with E-state index in [9.17, 15) is 0 Å². The quantitative estimate of drug-likeness (QED) is 0.309. The number of nitriles is 1. The molecule has 14 heavy (non-hydrogen) atoms. The molecule has 1 aromatic rings. The van der Waals surface area contributed by atoms with Crippen LogP contribution in [-0.2, 0) is 4.84 Å². The predicted octanol–water partition coefficient (Wildman–Crippen LogP) is 1.54. The molecule has 0 N–H and O–H groups in total. The maximum Gasteiger partial charge on any atom is 0.177 e. The first kappa shape index (κ1) is 9.83. The van der Waals surface area contributed by atoms with E-state index in [1.807, 2.05) is 12.1 Å². The average molecular weight is 184 g/mol. The fourth-order valence-electron chi connectivity index (χ4n) is 0.880. The first-order chi connectivity index (χ1) is 6.88. The molecule has 0 atom stereocenters. The van der Waals surface area contributed by atoms with Crippen LogP contribution in [-0.4, -0.2) is 12.8 Å².